The van der Waals surface area contributed by atoms with Crippen LogP contribution in [0.2, 0.25) is 0 Å². The first-order valence-corrected chi connectivity index (χ1v) is 8.11. The Hall–Kier alpha value is -2.05. The number of benzene rings is 1. The molecule has 0 radical (unpaired) electrons. The zero-order chi connectivity index (χ0) is 17.5. The summed E-state index contributed by atoms with van der Waals surface area (Å²) in [5.74, 6) is 0.392. The van der Waals surface area contributed by atoms with Gasteiger partial charge in [-0.05, 0) is 31.2 Å². The third-order valence-corrected chi connectivity index (χ3v) is 4.03. The molecule has 1 saturated heterocycles. The molecular formula is C18H26N2O4. The van der Waals surface area contributed by atoms with E-state index in [-0.39, 0.29) is 6.61 Å². The van der Waals surface area contributed by atoms with Gasteiger partial charge in [0.1, 0.15) is 18.5 Å². The number of carbonyl (C=O) groups excluding carboxylic acids is 1. The monoisotopic (exact) mass is 334 g/mol. The molecule has 24 heavy (non-hydrogen) atoms. The Kier molecular flexibility index (Phi) is 6.63. The lowest BCUT2D eigenvalue weighted by Gasteiger charge is -2.36. The van der Waals surface area contributed by atoms with Gasteiger partial charge in [0.25, 0.3) is 0 Å². The normalized spacial score (nSPS) is 16.5. The van der Waals surface area contributed by atoms with E-state index in [2.05, 4.69) is 28.5 Å². The van der Waals surface area contributed by atoms with Crippen LogP contribution in [0.5, 0.6) is 5.75 Å². The van der Waals surface area contributed by atoms with Crippen LogP contribution in [0.1, 0.15) is 6.92 Å². The third-order valence-electron chi connectivity index (χ3n) is 4.03. The van der Waals surface area contributed by atoms with Crippen LogP contribution >= 0.6 is 0 Å². The summed E-state index contributed by atoms with van der Waals surface area (Å²) in [6.45, 7) is 9.12. The number of rotatable bonds is 7. The van der Waals surface area contributed by atoms with Crippen molar-refractivity contribution in [2.75, 3.05) is 51.3 Å². The molecule has 6 nitrogen and oxygen atoms in total. The molecule has 1 aromatic carbocycles. The summed E-state index contributed by atoms with van der Waals surface area (Å²) in [7, 11) is 1.66. The first-order valence-electron chi connectivity index (χ1n) is 8.11. The average Bonchev–Trinajstić information content (AvgIpc) is 2.60. The molecule has 1 aliphatic rings. The van der Waals surface area contributed by atoms with E-state index in [4.69, 9.17) is 9.47 Å². The molecule has 0 amide bonds. The number of methoxy groups -OCH3 is 1. The number of aliphatic hydroxyl groups excluding tert-OH is 1. The first kappa shape index (κ1) is 18.3. The summed E-state index contributed by atoms with van der Waals surface area (Å²) in [4.78, 5) is 15.8. The zero-order valence-electron chi connectivity index (χ0n) is 14.4. The van der Waals surface area contributed by atoms with Gasteiger partial charge in [-0.1, -0.05) is 6.58 Å². The molecule has 1 N–H and O–H groups in total. The molecule has 132 valence electrons. The fraction of sp³-hybridized carbons (Fsp3) is 0.500. The van der Waals surface area contributed by atoms with E-state index in [1.807, 2.05) is 12.1 Å². The number of β-amino-alcohol motifs (C(OH)–C–C–N with tert-alkyl or cyclic N) is 1. The Labute approximate surface area is 143 Å². The topological polar surface area (TPSA) is 62.2 Å². The molecule has 1 unspecified atom stereocenters. The minimum atomic E-state index is -0.680. The van der Waals surface area contributed by atoms with Crippen LogP contribution in [0.3, 0.4) is 0 Å². The minimum Gasteiger partial charge on any atom is -0.497 e. The maximum absolute atomic E-state index is 11.3. The van der Waals surface area contributed by atoms with Gasteiger partial charge >= 0.3 is 5.97 Å². The van der Waals surface area contributed by atoms with Gasteiger partial charge in [0.15, 0.2) is 0 Å². The summed E-state index contributed by atoms with van der Waals surface area (Å²) < 4.78 is 10.2. The van der Waals surface area contributed by atoms with Crippen LogP contribution in [-0.2, 0) is 9.53 Å². The van der Waals surface area contributed by atoms with Crippen molar-refractivity contribution in [1.29, 1.82) is 0 Å². The van der Waals surface area contributed by atoms with Gasteiger partial charge in [-0.2, -0.15) is 0 Å². The van der Waals surface area contributed by atoms with E-state index in [1.165, 1.54) is 5.69 Å². The molecular weight excluding hydrogens is 308 g/mol. The van der Waals surface area contributed by atoms with E-state index in [9.17, 15) is 9.90 Å². The minimum absolute atomic E-state index is 0.00435. The van der Waals surface area contributed by atoms with Gasteiger partial charge in [-0.15, -0.1) is 0 Å². The van der Waals surface area contributed by atoms with E-state index < -0.39 is 12.1 Å². The SMILES string of the molecule is C=C(C)C(=O)OCC(O)CN1CCN(c2ccc(OC)cc2)CC1. The van der Waals surface area contributed by atoms with Crippen LogP contribution in [0, 0.1) is 0 Å². The number of hydrogen-bond donors (Lipinski definition) is 1. The fourth-order valence-electron chi connectivity index (χ4n) is 2.63. The van der Waals surface area contributed by atoms with Crippen molar-refractivity contribution in [3.8, 4) is 5.75 Å². The van der Waals surface area contributed by atoms with Gasteiger partial charge in [0.2, 0.25) is 0 Å². The van der Waals surface area contributed by atoms with Crippen LogP contribution in [0.15, 0.2) is 36.4 Å². The molecule has 0 spiro atoms. The Bertz CT molecular complexity index is 551. The predicted molar refractivity (Wildman–Crippen MR) is 93.4 cm³/mol. The summed E-state index contributed by atoms with van der Waals surface area (Å²) in [5, 5.41) is 10.00. The maximum atomic E-state index is 11.3. The second-order valence-corrected chi connectivity index (χ2v) is 6.02. The number of piperazine rings is 1. The lowest BCUT2D eigenvalue weighted by molar-refractivity contribution is -0.142. The van der Waals surface area contributed by atoms with Crippen molar-refractivity contribution < 1.29 is 19.4 Å². The Morgan fingerprint density at radius 3 is 2.42 bits per heavy atom. The average molecular weight is 334 g/mol. The van der Waals surface area contributed by atoms with Gasteiger partial charge < -0.3 is 19.5 Å². The van der Waals surface area contributed by atoms with Crippen molar-refractivity contribution in [1.82, 2.24) is 4.90 Å². The smallest absolute Gasteiger partial charge is 0.333 e. The highest BCUT2D eigenvalue weighted by atomic mass is 16.5. The second kappa shape index (κ2) is 8.70. The highest BCUT2D eigenvalue weighted by molar-refractivity contribution is 5.86. The molecule has 1 heterocycles. The quantitative estimate of drug-likeness (QED) is 0.599. The van der Waals surface area contributed by atoms with Crippen LogP contribution in [0.25, 0.3) is 0 Å². The highest BCUT2D eigenvalue weighted by Gasteiger charge is 2.20. The number of carbonyl (C=O) groups is 1. The molecule has 1 aliphatic heterocycles. The fourth-order valence-corrected chi connectivity index (χ4v) is 2.63. The van der Waals surface area contributed by atoms with E-state index >= 15 is 0 Å². The molecule has 2 rings (SSSR count). The van der Waals surface area contributed by atoms with Crippen molar-refractivity contribution >= 4 is 11.7 Å². The van der Waals surface area contributed by atoms with Crippen molar-refractivity contribution in [3.05, 3.63) is 36.4 Å². The number of ether oxygens (including phenoxy) is 2. The van der Waals surface area contributed by atoms with Crippen LogP contribution in [0.4, 0.5) is 5.69 Å². The predicted octanol–water partition coefficient (Wildman–Crippen LogP) is 1.30. The van der Waals surface area contributed by atoms with Gasteiger partial charge in [-0.3, -0.25) is 4.90 Å². The molecule has 1 atom stereocenters. The van der Waals surface area contributed by atoms with Crippen molar-refractivity contribution in [2.45, 2.75) is 13.0 Å². The molecule has 1 fully saturated rings. The van der Waals surface area contributed by atoms with Gasteiger partial charge in [-0.25, -0.2) is 4.79 Å². The van der Waals surface area contributed by atoms with Crippen molar-refractivity contribution in [2.24, 2.45) is 0 Å². The summed E-state index contributed by atoms with van der Waals surface area (Å²) in [6.07, 6.45) is -0.680. The van der Waals surface area contributed by atoms with E-state index in [0.29, 0.717) is 12.1 Å². The standard InChI is InChI=1S/C18H26N2O4/c1-14(2)18(22)24-13-16(21)12-19-8-10-20(11-9-19)15-4-6-17(23-3)7-5-15/h4-7,16,21H,1,8-13H2,2-3H3. The molecule has 0 aromatic heterocycles. The maximum Gasteiger partial charge on any atom is 0.333 e. The lowest BCUT2D eigenvalue weighted by Crippen LogP contribution is -2.49. The number of nitrogens with zero attached hydrogens (tertiary/aromatic N) is 2. The molecule has 0 aliphatic carbocycles. The Morgan fingerprint density at radius 1 is 1.25 bits per heavy atom. The van der Waals surface area contributed by atoms with Crippen molar-refractivity contribution in [3.63, 3.8) is 0 Å². The number of aliphatic hydroxyl groups is 1. The molecule has 0 saturated carbocycles. The lowest BCUT2D eigenvalue weighted by atomic mass is 10.2. The van der Waals surface area contributed by atoms with Crippen LogP contribution < -0.4 is 9.64 Å². The highest BCUT2D eigenvalue weighted by Crippen LogP contribution is 2.20. The largest absolute Gasteiger partial charge is 0.497 e. The summed E-state index contributed by atoms with van der Waals surface area (Å²) in [5.41, 5.74) is 1.52. The Balaban J connectivity index is 1.73. The summed E-state index contributed by atoms with van der Waals surface area (Å²) in [6, 6.07) is 8.03. The first-order chi connectivity index (χ1) is 11.5. The van der Waals surface area contributed by atoms with E-state index in [0.717, 1.165) is 31.9 Å². The van der Waals surface area contributed by atoms with Crippen LogP contribution in [-0.4, -0.2) is 68.5 Å². The number of hydrogen-bond acceptors (Lipinski definition) is 6. The zero-order valence-corrected chi connectivity index (χ0v) is 14.4. The number of esters is 1. The van der Waals surface area contributed by atoms with E-state index in [1.54, 1.807) is 14.0 Å². The Morgan fingerprint density at radius 2 is 1.88 bits per heavy atom. The molecule has 0 bridgehead atoms. The van der Waals surface area contributed by atoms with Gasteiger partial charge in [0.05, 0.1) is 7.11 Å². The number of anilines is 1. The summed E-state index contributed by atoms with van der Waals surface area (Å²) >= 11 is 0. The van der Waals surface area contributed by atoms with Gasteiger partial charge in [0, 0.05) is 44.0 Å². The third kappa shape index (κ3) is 5.25. The molecule has 6 heteroatoms. The molecule has 1 aromatic rings. The second-order valence-electron chi connectivity index (χ2n) is 6.02.